The van der Waals surface area contributed by atoms with Crippen LogP contribution in [0.3, 0.4) is 0 Å². The van der Waals surface area contributed by atoms with Crippen LogP contribution in [0.25, 0.3) is 0 Å². The molecule has 3 nitrogen and oxygen atoms in total. The molecule has 3 heterocycles. The minimum absolute atomic E-state index is 0.426. The summed E-state index contributed by atoms with van der Waals surface area (Å²) in [6.07, 6.45) is 1.87. The first-order valence-corrected chi connectivity index (χ1v) is 11.2. The average molecular weight is 416 g/mol. The predicted octanol–water partition coefficient (Wildman–Crippen LogP) is 5.50. The van der Waals surface area contributed by atoms with Crippen molar-refractivity contribution >= 4 is 11.9 Å². The van der Waals surface area contributed by atoms with Crippen molar-refractivity contribution in [3.05, 3.63) is 23.5 Å². The first kappa shape index (κ1) is 21.9. The van der Waals surface area contributed by atoms with E-state index in [1.165, 1.54) is 36.3 Å². The standard InChI is InChI=1S/C13H16F3N3S.C6H10.C2H6/c1-9-10(3-4-11(17-9)13(14,15)16)20-19-7-12(8-19)5-18(2)6-12;1-2-5-4-6(5)3-1;1-2/h3-4H,5-8H2,1-2H3;5-6H,1-4H2;1-2H3/t;5-,6?;/m.1./s1. The van der Waals surface area contributed by atoms with Crippen molar-refractivity contribution in [3.8, 4) is 0 Å². The van der Waals surface area contributed by atoms with Crippen LogP contribution in [-0.2, 0) is 6.18 Å². The van der Waals surface area contributed by atoms with Gasteiger partial charge in [-0.3, -0.25) is 0 Å². The highest BCUT2D eigenvalue weighted by molar-refractivity contribution is 7.97. The van der Waals surface area contributed by atoms with Gasteiger partial charge >= 0.3 is 6.18 Å². The second kappa shape index (κ2) is 8.52. The van der Waals surface area contributed by atoms with E-state index < -0.39 is 11.9 Å². The Kier molecular flexibility index (Phi) is 6.67. The lowest BCUT2D eigenvalue weighted by molar-refractivity contribution is -0.141. The van der Waals surface area contributed by atoms with Crippen LogP contribution in [0, 0.1) is 24.2 Å². The topological polar surface area (TPSA) is 19.4 Å². The lowest BCUT2D eigenvalue weighted by atomic mass is 9.75. The summed E-state index contributed by atoms with van der Waals surface area (Å²) in [5, 5.41) is 0. The third kappa shape index (κ3) is 5.03. The molecule has 0 N–H and O–H groups in total. The molecule has 2 aliphatic heterocycles. The maximum absolute atomic E-state index is 12.5. The minimum Gasteiger partial charge on any atom is -0.305 e. The Hall–Kier alpha value is -0.790. The van der Waals surface area contributed by atoms with Crippen molar-refractivity contribution in [2.75, 3.05) is 33.2 Å². The summed E-state index contributed by atoms with van der Waals surface area (Å²) in [5.41, 5.74) is 0.0474. The Labute approximate surface area is 171 Å². The van der Waals surface area contributed by atoms with Gasteiger partial charge in [0.15, 0.2) is 0 Å². The summed E-state index contributed by atoms with van der Waals surface area (Å²) in [5.74, 6) is 2.43. The minimum atomic E-state index is -4.37. The second-order valence-electron chi connectivity index (χ2n) is 8.53. The van der Waals surface area contributed by atoms with E-state index in [4.69, 9.17) is 0 Å². The van der Waals surface area contributed by atoms with E-state index in [0.717, 1.165) is 37.1 Å². The lowest BCUT2D eigenvalue weighted by Crippen LogP contribution is -2.69. The molecule has 2 atom stereocenters. The van der Waals surface area contributed by atoms with Crippen LogP contribution in [0.4, 0.5) is 13.2 Å². The Morgan fingerprint density at radius 1 is 1.07 bits per heavy atom. The van der Waals surface area contributed by atoms with Crippen LogP contribution >= 0.6 is 11.9 Å². The van der Waals surface area contributed by atoms with E-state index >= 15 is 0 Å². The Bertz CT molecular complexity index is 657. The molecule has 5 rings (SSSR count). The Balaban J connectivity index is 0.000000233. The maximum atomic E-state index is 12.5. The highest BCUT2D eigenvalue weighted by Crippen LogP contribution is 2.51. The molecule has 1 aromatic heterocycles. The number of nitrogens with zero attached hydrogens (tertiary/aromatic N) is 3. The summed E-state index contributed by atoms with van der Waals surface area (Å²) in [7, 11) is 2.10. The van der Waals surface area contributed by atoms with Gasteiger partial charge < -0.3 is 4.90 Å². The number of aryl methyl sites for hydroxylation is 1. The van der Waals surface area contributed by atoms with Crippen molar-refractivity contribution in [2.24, 2.45) is 17.3 Å². The summed E-state index contributed by atoms with van der Waals surface area (Å²) >= 11 is 1.51. The van der Waals surface area contributed by atoms with Gasteiger partial charge in [-0.15, -0.1) is 0 Å². The molecule has 0 aromatic carbocycles. The number of pyridine rings is 1. The quantitative estimate of drug-likeness (QED) is 0.594. The molecule has 2 saturated carbocycles. The fourth-order valence-corrected chi connectivity index (χ4v) is 5.93. The highest BCUT2D eigenvalue weighted by atomic mass is 32.2. The monoisotopic (exact) mass is 415 g/mol. The number of alkyl halides is 3. The van der Waals surface area contributed by atoms with Gasteiger partial charge in [-0.2, -0.15) is 13.2 Å². The van der Waals surface area contributed by atoms with Gasteiger partial charge in [0.1, 0.15) is 5.69 Å². The van der Waals surface area contributed by atoms with Gasteiger partial charge in [-0.1, -0.05) is 33.1 Å². The fraction of sp³-hybridized carbons (Fsp3) is 0.762. The zero-order valence-electron chi connectivity index (χ0n) is 17.4. The van der Waals surface area contributed by atoms with Crippen molar-refractivity contribution in [3.63, 3.8) is 0 Å². The van der Waals surface area contributed by atoms with E-state index in [1.807, 2.05) is 13.8 Å². The average Bonchev–Trinajstić information content (AvgIpc) is 3.20. The van der Waals surface area contributed by atoms with Gasteiger partial charge in [-0.25, -0.2) is 9.29 Å². The van der Waals surface area contributed by atoms with Gasteiger partial charge in [-0.05, 0) is 56.3 Å². The SMILES string of the molecule is C1CC2C[C@H]2C1.CC.Cc1nc(C(F)(F)F)ccc1SN1CC2(CN(C)C2)C1. The molecule has 1 unspecified atom stereocenters. The van der Waals surface area contributed by atoms with Crippen LogP contribution in [0.5, 0.6) is 0 Å². The molecule has 1 spiro atoms. The fourth-order valence-electron chi connectivity index (χ4n) is 4.67. The van der Waals surface area contributed by atoms with Crippen LogP contribution in [0.1, 0.15) is 50.9 Å². The van der Waals surface area contributed by atoms with Gasteiger partial charge in [0.05, 0.1) is 5.69 Å². The van der Waals surface area contributed by atoms with E-state index in [-0.39, 0.29) is 0 Å². The van der Waals surface area contributed by atoms with E-state index in [1.54, 1.807) is 26.2 Å². The smallest absolute Gasteiger partial charge is 0.305 e. The van der Waals surface area contributed by atoms with Crippen LogP contribution in [0.2, 0.25) is 0 Å². The largest absolute Gasteiger partial charge is 0.433 e. The predicted molar refractivity (Wildman–Crippen MR) is 108 cm³/mol. The second-order valence-corrected chi connectivity index (χ2v) is 9.66. The third-order valence-electron chi connectivity index (χ3n) is 6.01. The summed E-state index contributed by atoms with van der Waals surface area (Å²) in [4.78, 5) is 6.75. The molecule has 28 heavy (non-hydrogen) atoms. The maximum Gasteiger partial charge on any atom is 0.433 e. The molecular formula is C21H32F3N3S. The van der Waals surface area contributed by atoms with Crippen LogP contribution in [-0.4, -0.2) is 47.4 Å². The zero-order chi connectivity index (χ0) is 20.5. The molecule has 1 aromatic rings. The van der Waals surface area contributed by atoms with E-state index in [0.29, 0.717) is 11.1 Å². The summed E-state index contributed by atoms with van der Waals surface area (Å²) < 4.78 is 39.8. The van der Waals surface area contributed by atoms with E-state index in [2.05, 4.69) is 21.2 Å². The molecule has 0 amide bonds. The first-order valence-electron chi connectivity index (χ1n) is 10.4. The number of hydrogen-bond donors (Lipinski definition) is 0. The molecule has 0 bridgehead atoms. The molecule has 7 heteroatoms. The van der Waals surface area contributed by atoms with Crippen molar-refractivity contribution in [1.29, 1.82) is 0 Å². The first-order chi connectivity index (χ1) is 13.2. The molecule has 0 radical (unpaired) electrons. The van der Waals surface area contributed by atoms with Gasteiger partial charge in [0.2, 0.25) is 0 Å². The molecule has 4 aliphatic rings. The number of likely N-dealkylation sites (tertiary alicyclic amines) is 1. The van der Waals surface area contributed by atoms with Crippen LogP contribution in [0.15, 0.2) is 17.0 Å². The molecular weight excluding hydrogens is 383 g/mol. The summed E-state index contributed by atoms with van der Waals surface area (Å²) in [6, 6.07) is 2.58. The third-order valence-corrected chi connectivity index (χ3v) is 7.15. The zero-order valence-corrected chi connectivity index (χ0v) is 18.2. The highest BCUT2D eigenvalue weighted by Gasteiger charge is 2.50. The van der Waals surface area contributed by atoms with E-state index in [9.17, 15) is 13.2 Å². The Morgan fingerprint density at radius 3 is 2.07 bits per heavy atom. The molecule has 2 saturated heterocycles. The lowest BCUT2D eigenvalue weighted by Gasteiger charge is -2.59. The van der Waals surface area contributed by atoms with Gasteiger partial charge in [0.25, 0.3) is 0 Å². The number of fused-ring (bicyclic) bond motifs is 1. The van der Waals surface area contributed by atoms with Crippen molar-refractivity contribution < 1.29 is 13.2 Å². The number of hydrogen-bond acceptors (Lipinski definition) is 4. The summed E-state index contributed by atoms with van der Waals surface area (Å²) in [6.45, 7) is 9.87. The Morgan fingerprint density at radius 2 is 1.68 bits per heavy atom. The van der Waals surface area contributed by atoms with Crippen molar-refractivity contribution in [2.45, 2.75) is 57.5 Å². The van der Waals surface area contributed by atoms with Crippen molar-refractivity contribution in [1.82, 2.24) is 14.2 Å². The van der Waals surface area contributed by atoms with Crippen LogP contribution < -0.4 is 0 Å². The molecule has 4 fully saturated rings. The number of halogens is 3. The number of aromatic nitrogens is 1. The number of rotatable bonds is 2. The van der Waals surface area contributed by atoms with Gasteiger partial charge in [0, 0.05) is 36.5 Å². The normalized spacial score (nSPS) is 27.5. The molecule has 2 aliphatic carbocycles. The molecule has 158 valence electrons.